The summed E-state index contributed by atoms with van der Waals surface area (Å²) in [6, 6.07) is 87.4. The third-order valence-electron chi connectivity index (χ3n) is 20.1. The van der Waals surface area contributed by atoms with Crippen molar-refractivity contribution in [3.63, 3.8) is 0 Å². The molecule has 0 aliphatic rings. The molecule has 0 aliphatic carbocycles. The van der Waals surface area contributed by atoms with E-state index in [1.54, 1.807) is 0 Å². The smallest absolute Gasteiger partial charge is 0.200 e. The first-order valence-electron chi connectivity index (χ1n) is 35.9. The molecule has 506 valence electrons. The van der Waals surface area contributed by atoms with Crippen LogP contribution in [0.1, 0.15) is 115 Å². The highest BCUT2D eigenvalue weighted by Gasteiger charge is 2.23. The molecule has 10 aromatic carbocycles. The molecule has 5 nitrogen and oxygen atoms in total. The van der Waals surface area contributed by atoms with E-state index in [-0.39, 0.29) is 0 Å². The molecule has 5 heterocycles. The van der Waals surface area contributed by atoms with E-state index < -0.39 is 0 Å². The molecule has 5 aromatic heterocycles. The highest BCUT2D eigenvalue weighted by Crippen LogP contribution is 2.36. The van der Waals surface area contributed by atoms with Gasteiger partial charge in [0.1, 0.15) is 35.2 Å². The van der Waals surface area contributed by atoms with Crippen LogP contribution in [0, 0.1) is 48.5 Å². The van der Waals surface area contributed by atoms with Crippen LogP contribution in [0.4, 0.5) is 0 Å². The van der Waals surface area contributed by atoms with Crippen molar-refractivity contribution >= 4 is 53.9 Å². The van der Waals surface area contributed by atoms with Gasteiger partial charge >= 0.3 is 0 Å². The molecule has 0 atom stereocenters. The standard InChI is InChI=1S/3C20H22N.2C18H18N/c1-14(2)16-10-7-11-19-18(16)12-13-21(4)20(19)17-9-6-5-8-15(17)3;1-14(2)16-9-10-19-17(13-16)11-12-21(4)20(19)18-8-6-5-7-15(18)3;1-14(2)17-10-9-16-11-12-21(4)20(19(16)13-17)18-8-6-5-7-15(18)3;1-13-8-4-5-10-16(13)18-17-11-7-6-9-15(17)14(2)12-19(18)3;1-13-8-9-14(2)17(12-13)18-16-7-5-4-6-15(16)10-11-19(18)3/h3*5-14H,1-4H3;2*4-12H,1-3H3/q5*+1. The van der Waals surface area contributed by atoms with Crippen LogP contribution in [-0.2, 0) is 35.2 Å². The topological polar surface area (TPSA) is 19.4 Å². The van der Waals surface area contributed by atoms with Crippen molar-refractivity contribution in [1.29, 1.82) is 0 Å². The predicted molar refractivity (Wildman–Crippen MR) is 428 cm³/mol. The quantitative estimate of drug-likeness (QED) is 0.135. The number of fused-ring (bicyclic) bond motifs is 5. The van der Waals surface area contributed by atoms with E-state index in [0.717, 1.165) is 0 Å². The van der Waals surface area contributed by atoms with Crippen molar-refractivity contribution < 1.29 is 22.8 Å². The molecule has 0 bridgehead atoms. The van der Waals surface area contributed by atoms with Crippen LogP contribution in [0.2, 0.25) is 0 Å². The summed E-state index contributed by atoms with van der Waals surface area (Å²) < 4.78 is 11.1. The fourth-order valence-electron chi connectivity index (χ4n) is 14.4. The zero-order chi connectivity index (χ0) is 71.8. The number of nitrogens with zero attached hydrogens (tertiary/aromatic N) is 5. The largest absolute Gasteiger partial charge is 0.220 e. The summed E-state index contributed by atoms with van der Waals surface area (Å²) in [6.45, 7) is 28.7. The summed E-state index contributed by atoms with van der Waals surface area (Å²) in [5, 5.41) is 13.2. The molecule has 0 N–H and O–H groups in total. The van der Waals surface area contributed by atoms with Crippen LogP contribution in [0.5, 0.6) is 0 Å². The Morgan fingerprint density at radius 1 is 0.228 bits per heavy atom. The third kappa shape index (κ3) is 15.7. The van der Waals surface area contributed by atoms with E-state index >= 15 is 0 Å². The monoisotopic (exact) mass is 1320 g/mol. The van der Waals surface area contributed by atoms with Crippen LogP contribution < -0.4 is 22.8 Å². The zero-order valence-corrected chi connectivity index (χ0v) is 62.9. The fourth-order valence-corrected chi connectivity index (χ4v) is 14.4. The Morgan fingerprint density at radius 3 is 1.13 bits per heavy atom. The number of benzene rings is 10. The second-order valence-corrected chi connectivity index (χ2v) is 28.5. The Labute approximate surface area is 601 Å². The highest BCUT2D eigenvalue weighted by molar-refractivity contribution is 5.98. The Bertz CT molecular complexity index is 5440. The van der Waals surface area contributed by atoms with Gasteiger partial charge in [-0.3, -0.25) is 0 Å². The van der Waals surface area contributed by atoms with E-state index in [0.29, 0.717) is 17.8 Å². The Hall–Kier alpha value is -10.8. The minimum atomic E-state index is 0.533. The number of aryl methyl sites for hydroxylation is 12. The summed E-state index contributed by atoms with van der Waals surface area (Å²) in [5.74, 6) is 1.64. The van der Waals surface area contributed by atoms with Crippen molar-refractivity contribution in [2.75, 3.05) is 0 Å². The second-order valence-electron chi connectivity index (χ2n) is 28.5. The van der Waals surface area contributed by atoms with Crippen molar-refractivity contribution in [2.45, 2.75) is 108 Å². The Balaban J connectivity index is 0.000000127. The number of rotatable bonds is 8. The number of hydrogen-bond donors (Lipinski definition) is 0. The van der Waals surface area contributed by atoms with Gasteiger partial charge in [-0.25, -0.2) is 22.8 Å². The Morgan fingerprint density at radius 2 is 0.604 bits per heavy atom. The second kappa shape index (κ2) is 31.6. The van der Waals surface area contributed by atoms with Gasteiger partial charge in [0.2, 0.25) is 28.5 Å². The van der Waals surface area contributed by atoms with Crippen molar-refractivity contribution in [3.05, 3.63) is 329 Å². The van der Waals surface area contributed by atoms with E-state index in [4.69, 9.17) is 0 Å². The van der Waals surface area contributed by atoms with Crippen LogP contribution in [0.25, 0.3) is 110 Å². The summed E-state index contributed by atoms with van der Waals surface area (Å²) in [7, 11) is 10.6. The minimum Gasteiger partial charge on any atom is -0.200 e. The van der Waals surface area contributed by atoms with E-state index in [1.807, 2.05) is 0 Å². The van der Waals surface area contributed by atoms with Gasteiger partial charge in [0.05, 0.1) is 26.9 Å². The lowest BCUT2D eigenvalue weighted by atomic mass is 9.93. The summed E-state index contributed by atoms with van der Waals surface area (Å²) >= 11 is 0. The van der Waals surface area contributed by atoms with E-state index in [2.05, 4.69) is 422 Å². The molecule has 0 fully saturated rings. The first kappa shape index (κ1) is 71.5. The van der Waals surface area contributed by atoms with Gasteiger partial charge in [0, 0.05) is 57.6 Å². The molecule has 0 saturated carbocycles. The fraction of sp³-hybridized carbons (Fsp3) is 0.219. The molecule has 0 spiro atoms. The molecule has 0 saturated heterocycles. The number of aromatic nitrogens is 5. The highest BCUT2D eigenvalue weighted by atomic mass is 14.9. The molecular formula is C96H102N5+5. The summed E-state index contributed by atoms with van der Waals surface area (Å²) in [6.07, 6.45) is 10.8. The van der Waals surface area contributed by atoms with Crippen molar-refractivity contribution in [2.24, 2.45) is 35.2 Å². The molecule has 15 rings (SSSR count). The maximum Gasteiger partial charge on any atom is 0.220 e. The molecule has 5 heteroatoms. The average Bonchev–Trinajstić information content (AvgIpc) is 0.798. The third-order valence-corrected chi connectivity index (χ3v) is 20.1. The molecule has 15 aromatic rings. The van der Waals surface area contributed by atoms with Crippen LogP contribution in [0.3, 0.4) is 0 Å². The van der Waals surface area contributed by atoms with Gasteiger partial charge in [-0.15, -0.1) is 0 Å². The lowest BCUT2D eigenvalue weighted by molar-refractivity contribution is -0.659. The lowest BCUT2D eigenvalue weighted by Gasteiger charge is -2.12. The molecule has 101 heavy (non-hydrogen) atoms. The summed E-state index contributed by atoms with van der Waals surface area (Å²) in [4.78, 5) is 0. The maximum absolute atomic E-state index is 2.35. The van der Waals surface area contributed by atoms with Gasteiger partial charge in [-0.05, 0) is 198 Å². The molecule has 0 radical (unpaired) electrons. The van der Waals surface area contributed by atoms with E-state index in [1.165, 1.54) is 166 Å². The minimum absolute atomic E-state index is 0.533. The first-order chi connectivity index (χ1) is 48.6. The molecular weight excluding hydrogens is 1220 g/mol. The Kier molecular flexibility index (Phi) is 22.4. The van der Waals surface area contributed by atoms with E-state index in [9.17, 15) is 0 Å². The van der Waals surface area contributed by atoms with Crippen LogP contribution in [-0.4, -0.2) is 0 Å². The molecule has 0 unspecified atom stereocenters. The van der Waals surface area contributed by atoms with Gasteiger partial charge in [0.15, 0.2) is 31.0 Å². The van der Waals surface area contributed by atoms with Crippen molar-refractivity contribution in [3.8, 4) is 56.3 Å². The average molecular weight is 1330 g/mol. The van der Waals surface area contributed by atoms with Gasteiger partial charge in [-0.1, -0.05) is 205 Å². The SMILES string of the molecule is Cc1ccc(C)c(-c2c3ccccc3cc[n+]2C)c1.Cc1ccccc1-c1c2cc(C(C)C)ccc2cc[n+]1C.Cc1ccccc1-c1c2ccc(C(C)C)cc2cc[n+]1C.Cc1ccccc1-c1c2cccc(C(C)C)c2cc[n+]1C.Cc1ccccc1-c1c2ccccc2c(C)c[n+]1C. The van der Waals surface area contributed by atoms with Crippen LogP contribution >= 0.6 is 0 Å². The lowest BCUT2D eigenvalue weighted by Crippen LogP contribution is -2.31. The normalized spacial score (nSPS) is 11.1. The number of pyridine rings is 5. The molecule has 0 amide bonds. The van der Waals surface area contributed by atoms with Crippen molar-refractivity contribution in [1.82, 2.24) is 0 Å². The van der Waals surface area contributed by atoms with Gasteiger partial charge in [0.25, 0.3) is 0 Å². The number of hydrogen-bond acceptors (Lipinski definition) is 0. The maximum atomic E-state index is 2.35. The van der Waals surface area contributed by atoms with Crippen LogP contribution in [0.15, 0.2) is 274 Å². The van der Waals surface area contributed by atoms with Gasteiger partial charge < -0.3 is 0 Å². The summed E-state index contributed by atoms with van der Waals surface area (Å²) in [5.41, 5.74) is 26.4. The zero-order valence-electron chi connectivity index (χ0n) is 62.9. The predicted octanol–water partition coefficient (Wildman–Crippen LogP) is 22.2. The molecule has 0 aliphatic heterocycles. The first-order valence-corrected chi connectivity index (χ1v) is 35.9. The van der Waals surface area contributed by atoms with Gasteiger partial charge in [-0.2, -0.15) is 0 Å².